The topological polar surface area (TPSA) is 158 Å². The van der Waals surface area contributed by atoms with Crippen LogP contribution in [-0.4, -0.2) is 84.7 Å². The van der Waals surface area contributed by atoms with Crippen molar-refractivity contribution in [2.45, 2.75) is 88.6 Å². The Morgan fingerprint density at radius 1 is 1.10 bits per heavy atom. The molecule has 0 aromatic heterocycles. The number of hydrogen-bond donors (Lipinski definition) is 5. The molecule has 1 aromatic carbocycles. The molecule has 2 aliphatic heterocycles. The van der Waals surface area contributed by atoms with Crippen molar-refractivity contribution >= 4 is 23.5 Å². The first-order chi connectivity index (χ1) is 19.1. The minimum Gasteiger partial charge on any atom is -0.508 e. The van der Waals surface area contributed by atoms with E-state index in [2.05, 4.69) is 21.3 Å². The molecule has 2 heterocycles. The zero-order valence-electron chi connectivity index (χ0n) is 23.4. The number of epoxide rings is 1. The number of amides is 3. The molecule has 5 N–H and O–H groups in total. The third kappa shape index (κ3) is 8.49. The third-order valence-corrected chi connectivity index (χ3v) is 7.95. The standard InChI is InChI=1S/C29H42N4O7/c1-18(31-25(35)15-22-16-30-10-11-39-22)27(37)33-24(14-20-8-5-9-21(34)12-20)28(38)32-23(13-19-6-3-4-7-19)26(36)29(2)17-40-29/h5,8-9,12,18-19,22-24,30,34H,3-4,6-7,10-11,13-17H2,1-2H3,(H,31,35)(H,32,38)(H,33,37)/t18-,22?,23-,24-,29+/m0/s1. The Bertz CT molecular complexity index is 1060. The normalized spacial score (nSPS) is 24.9. The highest BCUT2D eigenvalue weighted by Crippen LogP contribution is 2.33. The maximum absolute atomic E-state index is 13.6. The smallest absolute Gasteiger partial charge is 0.243 e. The van der Waals surface area contributed by atoms with Gasteiger partial charge < -0.3 is 35.8 Å². The highest BCUT2D eigenvalue weighted by atomic mass is 16.6. The highest BCUT2D eigenvalue weighted by Gasteiger charge is 2.50. The average molecular weight is 559 g/mol. The van der Waals surface area contributed by atoms with E-state index in [9.17, 15) is 24.3 Å². The molecule has 40 heavy (non-hydrogen) atoms. The number of carbonyl (C=O) groups excluding carboxylic acids is 4. The zero-order valence-corrected chi connectivity index (χ0v) is 23.4. The summed E-state index contributed by atoms with van der Waals surface area (Å²) in [7, 11) is 0. The second kappa shape index (κ2) is 13.6. The van der Waals surface area contributed by atoms with Crippen molar-refractivity contribution < 1.29 is 33.8 Å². The summed E-state index contributed by atoms with van der Waals surface area (Å²) < 4.78 is 11.0. The predicted octanol–water partition coefficient (Wildman–Crippen LogP) is 0.726. The summed E-state index contributed by atoms with van der Waals surface area (Å²) in [5, 5.41) is 21.4. The number of ketones is 1. The first-order valence-corrected chi connectivity index (χ1v) is 14.3. The summed E-state index contributed by atoms with van der Waals surface area (Å²) in [6.07, 6.45) is 4.71. The fourth-order valence-corrected chi connectivity index (χ4v) is 5.45. The number of nitrogens with one attached hydrogen (secondary N) is 4. The number of hydrogen-bond acceptors (Lipinski definition) is 8. The van der Waals surface area contributed by atoms with Crippen LogP contribution in [0.15, 0.2) is 24.3 Å². The van der Waals surface area contributed by atoms with E-state index >= 15 is 0 Å². The Hall–Kier alpha value is -3.02. The van der Waals surface area contributed by atoms with Crippen molar-refractivity contribution in [1.82, 2.24) is 21.3 Å². The third-order valence-electron chi connectivity index (χ3n) is 7.95. The second-order valence-electron chi connectivity index (χ2n) is 11.5. The maximum atomic E-state index is 13.6. The maximum Gasteiger partial charge on any atom is 0.243 e. The molecule has 5 atom stereocenters. The number of morpholine rings is 1. The first-order valence-electron chi connectivity index (χ1n) is 14.3. The summed E-state index contributed by atoms with van der Waals surface area (Å²) in [6, 6.07) is 3.78. The van der Waals surface area contributed by atoms with Crippen LogP contribution >= 0.6 is 0 Å². The summed E-state index contributed by atoms with van der Waals surface area (Å²) in [5.74, 6) is -1.14. The highest BCUT2D eigenvalue weighted by molar-refractivity contribution is 5.98. The molecule has 1 unspecified atom stereocenters. The van der Waals surface area contributed by atoms with E-state index in [1.165, 1.54) is 12.1 Å². The van der Waals surface area contributed by atoms with Crippen molar-refractivity contribution in [3.05, 3.63) is 29.8 Å². The SMILES string of the molecule is C[C@H](NC(=O)CC1CNCCO1)C(=O)N[C@@H](Cc1cccc(O)c1)C(=O)N[C@@H](CC1CCCC1)C(=O)[C@@]1(C)CO1. The van der Waals surface area contributed by atoms with Crippen LogP contribution < -0.4 is 21.3 Å². The van der Waals surface area contributed by atoms with Gasteiger partial charge in [0.1, 0.15) is 23.4 Å². The number of phenols is 1. The van der Waals surface area contributed by atoms with E-state index in [1.807, 2.05) is 0 Å². The van der Waals surface area contributed by atoms with Gasteiger partial charge in [-0.15, -0.1) is 0 Å². The van der Waals surface area contributed by atoms with Crippen LogP contribution in [0.25, 0.3) is 0 Å². The van der Waals surface area contributed by atoms with Crippen LogP contribution in [0.3, 0.4) is 0 Å². The lowest BCUT2D eigenvalue weighted by Gasteiger charge is -2.27. The number of rotatable bonds is 13. The Balaban J connectivity index is 1.43. The predicted molar refractivity (Wildman–Crippen MR) is 146 cm³/mol. The van der Waals surface area contributed by atoms with Gasteiger partial charge in [0.25, 0.3) is 0 Å². The van der Waals surface area contributed by atoms with Gasteiger partial charge in [0.15, 0.2) is 5.78 Å². The largest absolute Gasteiger partial charge is 0.508 e. The van der Waals surface area contributed by atoms with Crippen molar-refractivity contribution in [3.8, 4) is 5.75 Å². The number of aromatic hydroxyl groups is 1. The van der Waals surface area contributed by atoms with E-state index in [0.717, 1.165) is 32.2 Å². The number of ether oxygens (including phenoxy) is 2. The molecular weight excluding hydrogens is 516 g/mol. The molecule has 2 saturated heterocycles. The minimum atomic E-state index is -1.04. The van der Waals surface area contributed by atoms with Gasteiger partial charge in [-0.3, -0.25) is 19.2 Å². The number of phenolic OH excluding ortho intramolecular Hbond substituents is 1. The quantitative estimate of drug-likeness (QED) is 0.222. The molecule has 3 fully saturated rings. The molecule has 4 rings (SSSR count). The first kappa shape index (κ1) is 30.0. The Morgan fingerprint density at radius 3 is 2.48 bits per heavy atom. The average Bonchev–Trinajstić information content (AvgIpc) is 3.46. The molecule has 0 radical (unpaired) electrons. The molecule has 1 aliphatic carbocycles. The molecule has 0 bridgehead atoms. The van der Waals surface area contributed by atoms with Gasteiger partial charge in [-0.1, -0.05) is 37.8 Å². The fourth-order valence-electron chi connectivity index (χ4n) is 5.45. The van der Waals surface area contributed by atoms with Crippen LogP contribution in [0.1, 0.15) is 57.9 Å². The monoisotopic (exact) mass is 558 g/mol. The van der Waals surface area contributed by atoms with Gasteiger partial charge in [0.2, 0.25) is 17.7 Å². The van der Waals surface area contributed by atoms with Gasteiger partial charge in [-0.05, 0) is 43.9 Å². The van der Waals surface area contributed by atoms with Crippen molar-refractivity contribution in [2.75, 3.05) is 26.3 Å². The van der Waals surface area contributed by atoms with Gasteiger partial charge in [0.05, 0.1) is 31.8 Å². The van der Waals surface area contributed by atoms with Crippen molar-refractivity contribution in [3.63, 3.8) is 0 Å². The molecule has 11 heteroatoms. The fraction of sp³-hybridized carbons (Fsp3) is 0.655. The Labute approximate surface area is 235 Å². The molecule has 3 aliphatic rings. The van der Waals surface area contributed by atoms with Gasteiger partial charge in [-0.25, -0.2) is 0 Å². The van der Waals surface area contributed by atoms with Crippen LogP contribution in [0, 0.1) is 5.92 Å². The summed E-state index contributed by atoms with van der Waals surface area (Å²) >= 11 is 0. The van der Waals surface area contributed by atoms with Crippen molar-refractivity contribution in [1.29, 1.82) is 0 Å². The van der Waals surface area contributed by atoms with E-state index < -0.39 is 35.5 Å². The van der Waals surface area contributed by atoms with E-state index in [0.29, 0.717) is 37.7 Å². The van der Waals surface area contributed by atoms with Crippen LogP contribution in [-0.2, 0) is 35.1 Å². The molecule has 11 nitrogen and oxygen atoms in total. The number of carbonyl (C=O) groups is 4. The molecule has 0 spiro atoms. The lowest BCUT2D eigenvalue weighted by atomic mass is 9.90. The molecule has 1 aromatic rings. The summed E-state index contributed by atoms with van der Waals surface area (Å²) in [5.41, 5.74) is -0.258. The van der Waals surface area contributed by atoms with Crippen molar-refractivity contribution in [2.24, 2.45) is 5.92 Å². The van der Waals surface area contributed by atoms with E-state index in [4.69, 9.17) is 9.47 Å². The molecule has 1 saturated carbocycles. The van der Waals surface area contributed by atoms with Crippen LogP contribution in [0.4, 0.5) is 0 Å². The van der Waals surface area contributed by atoms with Crippen LogP contribution in [0.2, 0.25) is 0 Å². The Morgan fingerprint density at radius 2 is 1.82 bits per heavy atom. The lowest BCUT2D eigenvalue weighted by molar-refractivity contribution is -0.134. The summed E-state index contributed by atoms with van der Waals surface area (Å²) in [4.78, 5) is 52.5. The summed E-state index contributed by atoms with van der Waals surface area (Å²) in [6.45, 7) is 5.42. The van der Waals surface area contributed by atoms with Gasteiger partial charge >= 0.3 is 0 Å². The zero-order chi connectivity index (χ0) is 28.7. The molecule has 220 valence electrons. The minimum absolute atomic E-state index is 0.0381. The second-order valence-corrected chi connectivity index (χ2v) is 11.5. The van der Waals surface area contributed by atoms with E-state index in [-0.39, 0.29) is 36.4 Å². The molecule has 3 amide bonds. The number of benzene rings is 1. The van der Waals surface area contributed by atoms with Gasteiger partial charge in [-0.2, -0.15) is 0 Å². The molecular formula is C29H42N4O7. The van der Waals surface area contributed by atoms with Gasteiger partial charge in [0, 0.05) is 19.5 Å². The Kier molecular flexibility index (Phi) is 10.2. The number of Topliss-reactive ketones (excluding diaryl/α,β-unsaturated/α-hetero) is 1. The van der Waals surface area contributed by atoms with E-state index in [1.54, 1.807) is 26.0 Å². The lowest BCUT2D eigenvalue weighted by Crippen LogP contribution is -2.57. The van der Waals surface area contributed by atoms with Crippen LogP contribution in [0.5, 0.6) is 5.75 Å².